The van der Waals surface area contributed by atoms with E-state index in [0.717, 1.165) is 135 Å². The zero-order valence-electron chi connectivity index (χ0n) is 43.1. The van der Waals surface area contributed by atoms with Crippen LogP contribution in [0.3, 0.4) is 0 Å². The summed E-state index contributed by atoms with van der Waals surface area (Å²) < 4.78 is 16.8. The Hall–Kier alpha value is -4.19. The zero-order valence-corrected chi connectivity index (χ0v) is 43.1. The highest BCUT2D eigenvalue weighted by molar-refractivity contribution is 5.71. The molecule has 0 aliphatic rings. The molecule has 0 aliphatic heterocycles. The molecule has 0 bridgehead atoms. The fourth-order valence-electron chi connectivity index (χ4n) is 6.97. The van der Waals surface area contributed by atoms with E-state index in [1.807, 2.05) is 0 Å². The quantitative estimate of drug-likeness (QED) is 0.0199. The van der Waals surface area contributed by atoms with Gasteiger partial charge in [0.15, 0.2) is 6.10 Å². The molecule has 0 aliphatic carbocycles. The molecule has 67 heavy (non-hydrogen) atoms. The predicted octanol–water partition coefficient (Wildman–Crippen LogP) is 18.1. The maximum Gasteiger partial charge on any atom is 0.306 e. The van der Waals surface area contributed by atoms with Crippen LogP contribution in [0.1, 0.15) is 226 Å². The molecule has 1 atom stereocenters. The van der Waals surface area contributed by atoms with Gasteiger partial charge in [0.25, 0.3) is 0 Å². The van der Waals surface area contributed by atoms with Gasteiger partial charge in [-0.1, -0.05) is 213 Å². The SMILES string of the molecule is CC/C=C/C=C/C=C/CCCCCCCC(=O)OCC(COC(=O)CCCCC/C=C/C/C=C/C/C=C/C/C=C/C/C=C/CC)OC(=O)CCCCCCCCC/C=C/C/C=C/CCCCC. The van der Waals surface area contributed by atoms with E-state index < -0.39 is 6.10 Å². The highest BCUT2D eigenvalue weighted by Gasteiger charge is 2.19. The molecule has 0 rings (SSSR count). The third-order valence-corrected chi connectivity index (χ3v) is 11.0. The summed E-state index contributed by atoms with van der Waals surface area (Å²) >= 11 is 0. The molecule has 0 saturated heterocycles. The lowest BCUT2D eigenvalue weighted by Gasteiger charge is -2.18. The molecule has 378 valence electrons. The van der Waals surface area contributed by atoms with E-state index in [9.17, 15) is 14.4 Å². The van der Waals surface area contributed by atoms with Crippen molar-refractivity contribution in [2.75, 3.05) is 13.2 Å². The standard InChI is InChI=1S/C61H98O6/c1-4-7-10-13-16-19-22-25-27-29-30-32-33-36-39-42-45-48-51-54-60(63)66-57-58(56-65-59(62)53-50-47-44-41-38-35-24-21-18-15-12-9-6-3)67-61(64)55-52-49-46-43-40-37-34-31-28-26-23-20-17-14-11-8-5-2/h7,9-10,12,15-21,24-28,30,32,36,39,58H,4-6,8,11,13-14,22-23,29,31,33-35,37-38,40-57H2,1-3H3/b10-7+,12-9+,18-15+,19-16+,20-17+,24-21+,27-25+,28-26+,32-30+,39-36+. The van der Waals surface area contributed by atoms with Gasteiger partial charge < -0.3 is 14.2 Å². The van der Waals surface area contributed by atoms with Crippen molar-refractivity contribution in [2.24, 2.45) is 0 Å². The number of carbonyl (C=O) groups is 3. The second kappa shape index (κ2) is 54.4. The molecular weight excluding hydrogens is 829 g/mol. The number of hydrogen-bond donors (Lipinski definition) is 0. The van der Waals surface area contributed by atoms with Crippen molar-refractivity contribution >= 4 is 17.9 Å². The minimum absolute atomic E-state index is 0.106. The van der Waals surface area contributed by atoms with Gasteiger partial charge in [-0.05, 0) is 116 Å². The van der Waals surface area contributed by atoms with Crippen molar-refractivity contribution in [3.05, 3.63) is 122 Å². The van der Waals surface area contributed by atoms with Crippen LogP contribution in [0.2, 0.25) is 0 Å². The number of ether oxygens (including phenoxy) is 3. The predicted molar refractivity (Wildman–Crippen MR) is 288 cm³/mol. The highest BCUT2D eigenvalue weighted by Crippen LogP contribution is 2.13. The summed E-state index contributed by atoms with van der Waals surface area (Å²) in [6.45, 7) is 6.30. The van der Waals surface area contributed by atoms with Gasteiger partial charge in [0.1, 0.15) is 13.2 Å². The van der Waals surface area contributed by atoms with Gasteiger partial charge in [-0.2, -0.15) is 0 Å². The zero-order chi connectivity index (χ0) is 48.6. The normalized spacial score (nSPS) is 13.1. The summed E-state index contributed by atoms with van der Waals surface area (Å²) in [5.74, 6) is -0.971. The van der Waals surface area contributed by atoms with Crippen LogP contribution in [0.15, 0.2) is 122 Å². The molecule has 0 aromatic heterocycles. The Morgan fingerprint density at radius 3 is 1.09 bits per heavy atom. The molecule has 6 nitrogen and oxygen atoms in total. The van der Waals surface area contributed by atoms with Crippen molar-refractivity contribution in [3.8, 4) is 0 Å². The summed E-state index contributed by atoms with van der Waals surface area (Å²) in [4.78, 5) is 38.1. The van der Waals surface area contributed by atoms with Crippen LogP contribution in [0.5, 0.6) is 0 Å². The number of rotatable bonds is 47. The Kier molecular flexibility index (Phi) is 51.0. The molecule has 0 amide bonds. The van der Waals surface area contributed by atoms with E-state index in [1.54, 1.807) is 0 Å². The van der Waals surface area contributed by atoms with Gasteiger partial charge in [-0.25, -0.2) is 0 Å². The van der Waals surface area contributed by atoms with Gasteiger partial charge in [-0.15, -0.1) is 0 Å². The average Bonchev–Trinajstić information content (AvgIpc) is 3.33. The van der Waals surface area contributed by atoms with Crippen molar-refractivity contribution in [1.82, 2.24) is 0 Å². The van der Waals surface area contributed by atoms with Crippen LogP contribution >= 0.6 is 0 Å². The fraction of sp³-hybridized carbons (Fsp3) is 0.623. The number of esters is 3. The minimum atomic E-state index is -0.808. The topological polar surface area (TPSA) is 78.9 Å². The van der Waals surface area contributed by atoms with Crippen molar-refractivity contribution in [2.45, 2.75) is 232 Å². The summed E-state index contributed by atoms with van der Waals surface area (Å²) in [7, 11) is 0. The summed E-state index contributed by atoms with van der Waals surface area (Å²) in [5.41, 5.74) is 0. The van der Waals surface area contributed by atoms with E-state index in [-0.39, 0.29) is 31.1 Å². The molecular formula is C61H98O6. The lowest BCUT2D eigenvalue weighted by atomic mass is 10.1. The molecule has 1 unspecified atom stereocenters. The molecule has 6 heteroatoms. The first kappa shape index (κ1) is 62.8. The largest absolute Gasteiger partial charge is 0.462 e. The van der Waals surface area contributed by atoms with E-state index in [2.05, 4.69) is 142 Å². The van der Waals surface area contributed by atoms with Gasteiger partial charge in [0, 0.05) is 19.3 Å². The molecule has 0 saturated carbocycles. The molecule has 0 aromatic carbocycles. The lowest BCUT2D eigenvalue weighted by Crippen LogP contribution is -2.30. The number of unbranched alkanes of at least 4 members (excludes halogenated alkanes) is 18. The van der Waals surface area contributed by atoms with Crippen LogP contribution < -0.4 is 0 Å². The first-order chi connectivity index (χ1) is 33.0. The Balaban J connectivity index is 4.50. The number of hydrogen-bond acceptors (Lipinski definition) is 6. The van der Waals surface area contributed by atoms with Gasteiger partial charge in [0.05, 0.1) is 0 Å². The third-order valence-electron chi connectivity index (χ3n) is 11.0. The highest BCUT2D eigenvalue weighted by atomic mass is 16.6. The van der Waals surface area contributed by atoms with Gasteiger partial charge in [-0.3, -0.25) is 14.4 Å². The molecule has 0 fully saturated rings. The Morgan fingerprint density at radius 1 is 0.328 bits per heavy atom. The minimum Gasteiger partial charge on any atom is -0.462 e. The second-order valence-electron chi connectivity index (χ2n) is 17.4. The first-order valence-electron chi connectivity index (χ1n) is 27.1. The lowest BCUT2D eigenvalue weighted by molar-refractivity contribution is -0.167. The van der Waals surface area contributed by atoms with E-state index in [4.69, 9.17) is 14.2 Å². The molecule has 0 heterocycles. The van der Waals surface area contributed by atoms with E-state index in [1.165, 1.54) is 51.4 Å². The maximum absolute atomic E-state index is 12.8. The molecule has 0 aromatic rings. The van der Waals surface area contributed by atoms with Crippen LogP contribution in [0, 0.1) is 0 Å². The fourth-order valence-corrected chi connectivity index (χ4v) is 6.97. The summed E-state index contributed by atoms with van der Waals surface area (Å²) in [6, 6.07) is 0. The van der Waals surface area contributed by atoms with Crippen LogP contribution in [-0.4, -0.2) is 37.2 Å². The van der Waals surface area contributed by atoms with Crippen molar-refractivity contribution in [1.29, 1.82) is 0 Å². The second-order valence-corrected chi connectivity index (χ2v) is 17.4. The Bertz CT molecular complexity index is 1440. The van der Waals surface area contributed by atoms with Gasteiger partial charge in [0.2, 0.25) is 0 Å². The van der Waals surface area contributed by atoms with E-state index in [0.29, 0.717) is 19.3 Å². The Morgan fingerprint density at radius 2 is 0.657 bits per heavy atom. The maximum atomic E-state index is 12.8. The number of allylic oxidation sites excluding steroid dienone is 20. The summed E-state index contributed by atoms with van der Waals surface area (Å²) in [6.07, 6.45) is 74.6. The van der Waals surface area contributed by atoms with Crippen molar-refractivity contribution < 1.29 is 28.6 Å². The van der Waals surface area contributed by atoms with Crippen LogP contribution in [0.25, 0.3) is 0 Å². The average molecular weight is 927 g/mol. The smallest absolute Gasteiger partial charge is 0.306 e. The third kappa shape index (κ3) is 52.6. The number of carbonyl (C=O) groups excluding carboxylic acids is 3. The molecule has 0 spiro atoms. The molecule has 0 radical (unpaired) electrons. The van der Waals surface area contributed by atoms with Crippen LogP contribution in [0.4, 0.5) is 0 Å². The molecule has 0 N–H and O–H groups in total. The van der Waals surface area contributed by atoms with Crippen molar-refractivity contribution in [3.63, 3.8) is 0 Å². The van der Waals surface area contributed by atoms with Gasteiger partial charge >= 0.3 is 17.9 Å². The summed E-state index contributed by atoms with van der Waals surface area (Å²) in [5, 5.41) is 0. The monoisotopic (exact) mass is 927 g/mol. The Labute approximate surface area is 412 Å². The van der Waals surface area contributed by atoms with Crippen LogP contribution in [-0.2, 0) is 28.6 Å². The van der Waals surface area contributed by atoms with E-state index >= 15 is 0 Å². The first-order valence-corrected chi connectivity index (χ1v) is 27.1.